The Balaban J connectivity index is 0.00000112. The molecule has 0 unspecified atom stereocenters. The molecule has 0 fully saturated rings. The van der Waals surface area contributed by atoms with Gasteiger partial charge in [-0.2, -0.15) is 11.4 Å². The third-order valence-corrected chi connectivity index (χ3v) is 1.56. The van der Waals surface area contributed by atoms with Crippen LogP contribution in [0.5, 0.6) is 0 Å². The molecule has 6 nitrogen and oxygen atoms in total. The summed E-state index contributed by atoms with van der Waals surface area (Å²) < 4.78 is 12.5. The minimum absolute atomic E-state index is 0. The summed E-state index contributed by atoms with van der Waals surface area (Å²) in [6.45, 7) is 0. The third kappa shape index (κ3) is 3.17. The van der Waals surface area contributed by atoms with Crippen molar-refractivity contribution in [3.63, 3.8) is 0 Å². The normalized spacial score (nSPS) is 8.81. The molecular weight excluding hydrogens is 226 g/mol. The maximum Gasteiger partial charge on any atom is 1.00 e. The van der Waals surface area contributed by atoms with E-state index >= 15 is 0 Å². The van der Waals surface area contributed by atoms with Crippen molar-refractivity contribution in [2.24, 2.45) is 0 Å². The van der Waals surface area contributed by atoms with Crippen molar-refractivity contribution in [2.75, 3.05) is 0 Å². The Bertz CT molecular complexity index is 459. The van der Waals surface area contributed by atoms with Gasteiger partial charge in [0.1, 0.15) is 5.82 Å². The van der Waals surface area contributed by atoms with Crippen LogP contribution in [0, 0.1) is 5.82 Å². The predicted molar refractivity (Wildman–Crippen MR) is 45.8 cm³/mol. The van der Waals surface area contributed by atoms with Gasteiger partial charge in [0.2, 0.25) is 0 Å². The molecule has 0 aliphatic carbocycles. The number of benzene rings is 1. The van der Waals surface area contributed by atoms with Crippen LogP contribution in [0.25, 0.3) is 5.69 Å². The Morgan fingerprint density at radius 2 is 1.88 bits per heavy atom. The van der Waals surface area contributed by atoms with Crippen LogP contribution in [0.1, 0.15) is 5.82 Å². The maximum absolute atomic E-state index is 12.5. The fraction of sp³-hybridized carbons (Fsp3) is 0. The average Bonchev–Trinajstić information content (AvgIpc) is 2.67. The van der Waals surface area contributed by atoms with E-state index in [2.05, 4.69) is 15.4 Å². The number of nitrogens with zero attached hydrogens (tertiary/aromatic N) is 4. The summed E-state index contributed by atoms with van der Waals surface area (Å²) in [7, 11) is 0. The van der Waals surface area contributed by atoms with Gasteiger partial charge in [-0.15, -0.1) is 9.90 Å². The van der Waals surface area contributed by atoms with Gasteiger partial charge in [0.25, 0.3) is 0 Å². The van der Waals surface area contributed by atoms with E-state index in [1.165, 1.54) is 30.6 Å². The van der Waals surface area contributed by atoms with Crippen molar-refractivity contribution in [1.29, 1.82) is 0 Å². The Labute approximate surface area is 112 Å². The van der Waals surface area contributed by atoms with Crippen molar-refractivity contribution in [3.05, 3.63) is 35.9 Å². The summed E-state index contributed by atoms with van der Waals surface area (Å²) >= 11 is 0. The number of halogens is 1. The molecule has 2 aromatic rings. The monoisotopic (exact) mass is 231 g/mol. The quantitative estimate of drug-likeness (QED) is 0.408. The van der Waals surface area contributed by atoms with E-state index in [-0.39, 0.29) is 46.7 Å². The Morgan fingerprint density at radius 1 is 1.25 bits per heavy atom. The fourth-order valence-electron chi connectivity index (χ4n) is 0.939. The minimum Gasteiger partial charge on any atom is -0.870 e. The number of aromatic nitrogens is 4. The van der Waals surface area contributed by atoms with Gasteiger partial charge in [0, 0.05) is 0 Å². The first-order valence-corrected chi connectivity index (χ1v) is 3.74. The number of carbonyl (C=O) groups excluding carboxylic acids is 1. The van der Waals surface area contributed by atoms with Gasteiger partial charge in [-0.1, -0.05) is 0 Å². The van der Waals surface area contributed by atoms with Crippen LogP contribution in [-0.4, -0.2) is 32.0 Å². The van der Waals surface area contributed by atoms with Gasteiger partial charge in [-0.05, 0) is 29.5 Å². The summed E-state index contributed by atoms with van der Waals surface area (Å²) in [6, 6.07) is 5.49. The first-order valence-electron chi connectivity index (χ1n) is 3.74. The van der Waals surface area contributed by atoms with Gasteiger partial charge in [0.05, 0.1) is 11.5 Å². The third-order valence-electron chi connectivity index (χ3n) is 1.56. The minimum atomic E-state index is -0.351. The molecule has 1 aromatic heterocycles. The molecule has 0 spiro atoms. The molecule has 0 aliphatic rings. The fourth-order valence-corrected chi connectivity index (χ4v) is 0.939. The molecule has 0 bridgehead atoms. The van der Waals surface area contributed by atoms with Crippen LogP contribution in [0.15, 0.2) is 24.3 Å². The van der Waals surface area contributed by atoms with E-state index in [1.54, 1.807) is 0 Å². The van der Waals surface area contributed by atoms with Gasteiger partial charge in [-0.25, -0.2) is 4.39 Å². The summed E-state index contributed by atoms with van der Waals surface area (Å²) in [4.78, 5) is 11.3. The van der Waals surface area contributed by atoms with E-state index < -0.39 is 0 Å². The van der Waals surface area contributed by atoms with Gasteiger partial charge >= 0.3 is 29.6 Å². The zero-order chi connectivity index (χ0) is 9.97. The molecule has 0 saturated carbocycles. The van der Waals surface area contributed by atoms with E-state index in [0.29, 0.717) is 5.69 Å². The Kier molecular flexibility index (Phi) is 5.97. The van der Waals surface area contributed by atoms with Crippen molar-refractivity contribution in [2.45, 2.75) is 0 Å². The molecule has 8 heteroatoms. The van der Waals surface area contributed by atoms with Crippen LogP contribution in [-0.2, 0) is 4.79 Å². The smallest absolute Gasteiger partial charge is 0.870 e. The van der Waals surface area contributed by atoms with E-state index in [1.807, 2.05) is 0 Å². The van der Waals surface area contributed by atoms with E-state index in [0.717, 1.165) is 4.80 Å². The summed E-state index contributed by atoms with van der Waals surface area (Å²) in [5.41, 5.74) is 0.528. The van der Waals surface area contributed by atoms with Crippen LogP contribution in [0.2, 0.25) is 0 Å². The zero-order valence-electron chi connectivity index (χ0n) is 8.33. The molecule has 1 N–H and O–H groups in total. The number of hydrogen-bond acceptors (Lipinski definition) is 5. The molecule has 1 aromatic carbocycles. The molecule has 78 valence electrons. The van der Waals surface area contributed by atoms with E-state index in [4.69, 9.17) is 0 Å². The number of hydrogen-bond donors (Lipinski definition) is 0. The van der Waals surface area contributed by atoms with Crippen molar-refractivity contribution >= 4 is 6.29 Å². The summed E-state index contributed by atoms with van der Waals surface area (Å²) in [5, 5.41) is 10.7. The first kappa shape index (κ1) is 14.8. The number of tetrazole rings is 1. The van der Waals surface area contributed by atoms with Crippen molar-refractivity contribution in [1.82, 2.24) is 20.2 Å². The second kappa shape index (κ2) is 6.44. The maximum atomic E-state index is 12.5. The summed E-state index contributed by atoms with van der Waals surface area (Å²) in [5.74, 6) is -0.481. The molecule has 2 rings (SSSR count). The van der Waals surface area contributed by atoms with E-state index in [9.17, 15) is 9.18 Å². The molecule has 0 amide bonds. The zero-order valence-corrected chi connectivity index (χ0v) is 10.3. The van der Waals surface area contributed by atoms with Gasteiger partial charge < -0.3 is 10.3 Å². The molecule has 16 heavy (non-hydrogen) atoms. The standard InChI is InChI=1S/C8H4FN4O.Na.H2O/c9-6-1-3-7(4-2-6)13-11-8(5-14)10-12-13;;/h1-4H;;1H2/q-1;+1;/p-1. The predicted octanol–water partition coefficient (Wildman–Crippen LogP) is -2.91. The van der Waals surface area contributed by atoms with Crippen molar-refractivity contribution < 1.29 is 44.2 Å². The van der Waals surface area contributed by atoms with Crippen LogP contribution in [0.3, 0.4) is 0 Å². The second-order valence-electron chi connectivity index (χ2n) is 2.48. The van der Waals surface area contributed by atoms with Crippen LogP contribution >= 0.6 is 0 Å². The first-order chi connectivity index (χ1) is 6.79. The molecule has 0 aliphatic heterocycles. The average molecular weight is 231 g/mol. The largest absolute Gasteiger partial charge is 1.00 e. The topological polar surface area (TPSA) is 90.7 Å². The molecule has 1 heterocycles. The Morgan fingerprint density at radius 3 is 2.38 bits per heavy atom. The molecule has 0 atom stereocenters. The van der Waals surface area contributed by atoms with Gasteiger partial charge in [0.15, 0.2) is 0 Å². The van der Waals surface area contributed by atoms with Crippen LogP contribution < -0.4 is 29.6 Å². The van der Waals surface area contributed by atoms with Crippen LogP contribution in [0.4, 0.5) is 4.39 Å². The number of rotatable bonds is 2. The second-order valence-corrected chi connectivity index (χ2v) is 2.48. The molecule has 0 saturated heterocycles. The van der Waals surface area contributed by atoms with Gasteiger partial charge in [-0.3, -0.25) is 0 Å². The summed E-state index contributed by atoms with van der Waals surface area (Å²) in [6.07, 6.45) is 1.50. The molecule has 0 radical (unpaired) electrons. The Hall–Kier alpha value is -1.15. The SMILES string of the molecule is O=[C-]c1nnn(-c2ccc(F)cc2)n1.[Na+].[OH-]. The van der Waals surface area contributed by atoms with Crippen molar-refractivity contribution in [3.8, 4) is 5.69 Å². The molecular formula is C8H5FN4NaO2-.